The van der Waals surface area contributed by atoms with Gasteiger partial charge in [-0.15, -0.1) is 0 Å². The van der Waals surface area contributed by atoms with E-state index in [4.69, 9.17) is 11.6 Å². The number of halogens is 1. The van der Waals surface area contributed by atoms with E-state index in [0.29, 0.717) is 6.42 Å². The number of carboxylic acid groups (broad SMARTS) is 1. The van der Waals surface area contributed by atoms with Crippen molar-refractivity contribution >= 4 is 28.5 Å². The summed E-state index contributed by atoms with van der Waals surface area (Å²) < 4.78 is 0. The van der Waals surface area contributed by atoms with E-state index in [0.717, 1.165) is 49.4 Å². The number of carboxylic acids is 1. The molecule has 1 aromatic heterocycles. The maximum Gasteiger partial charge on any atom is 0.307 e. The van der Waals surface area contributed by atoms with Crippen LogP contribution in [0.5, 0.6) is 0 Å². The summed E-state index contributed by atoms with van der Waals surface area (Å²) in [5.74, 6) is -0.822. The van der Waals surface area contributed by atoms with Gasteiger partial charge in [-0.25, -0.2) is 0 Å². The summed E-state index contributed by atoms with van der Waals surface area (Å²) in [4.78, 5) is 14.7. The second kappa shape index (κ2) is 7.53. The van der Waals surface area contributed by atoms with Gasteiger partial charge in [-0.1, -0.05) is 66.2 Å². The molecule has 0 atom stereocenters. The molecule has 0 aliphatic rings. The minimum absolute atomic E-state index is 0.0132. The van der Waals surface area contributed by atoms with Crippen molar-refractivity contribution in [1.29, 1.82) is 0 Å². The van der Waals surface area contributed by atoms with Crippen LogP contribution in [0.3, 0.4) is 0 Å². The molecule has 0 fully saturated rings. The third kappa shape index (κ3) is 3.67. The molecule has 0 amide bonds. The van der Waals surface area contributed by atoms with Gasteiger partial charge in [0.25, 0.3) is 0 Å². The summed E-state index contributed by atoms with van der Waals surface area (Å²) in [5, 5.41) is 11.1. The zero-order chi connectivity index (χ0) is 19.7. The molecule has 0 saturated carbocycles. The van der Waals surface area contributed by atoms with Gasteiger partial charge in [0.1, 0.15) is 0 Å². The molecule has 4 aromatic rings. The average molecular weight is 390 g/mol. The number of aromatic amines is 1. The largest absolute Gasteiger partial charge is 0.481 e. The van der Waals surface area contributed by atoms with Crippen molar-refractivity contribution in [2.75, 3.05) is 0 Å². The fraction of sp³-hybridized carbons (Fsp3) is 0.125. The smallest absolute Gasteiger partial charge is 0.307 e. The van der Waals surface area contributed by atoms with Crippen molar-refractivity contribution < 1.29 is 9.90 Å². The fourth-order valence-corrected chi connectivity index (χ4v) is 3.73. The molecule has 3 nitrogen and oxygen atoms in total. The first-order chi connectivity index (χ1) is 13.5. The normalized spacial score (nSPS) is 11.1. The van der Waals surface area contributed by atoms with E-state index < -0.39 is 5.97 Å². The second-order valence-electron chi connectivity index (χ2n) is 7.04. The number of aliphatic carboxylic acids is 1. The van der Waals surface area contributed by atoms with E-state index in [1.165, 1.54) is 0 Å². The van der Waals surface area contributed by atoms with Gasteiger partial charge in [-0.3, -0.25) is 4.79 Å². The number of hydrogen-bond donors (Lipinski definition) is 2. The van der Waals surface area contributed by atoms with Crippen LogP contribution >= 0.6 is 11.6 Å². The summed E-state index contributed by atoms with van der Waals surface area (Å²) in [6, 6.07) is 22.2. The molecular formula is C24H20ClNO2. The third-order valence-corrected chi connectivity index (χ3v) is 5.48. The van der Waals surface area contributed by atoms with Gasteiger partial charge in [0.2, 0.25) is 0 Å². The second-order valence-corrected chi connectivity index (χ2v) is 7.44. The van der Waals surface area contributed by atoms with Crippen LogP contribution in [0.1, 0.15) is 22.4 Å². The number of fused-ring (bicyclic) bond motifs is 1. The molecule has 0 radical (unpaired) electrons. The Balaban J connectivity index is 1.64. The Kier molecular flexibility index (Phi) is 4.93. The van der Waals surface area contributed by atoms with E-state index in [2.05, 4.69) is 35.3 Å². The first-order valence-corrected chi connectivity index (χ1v) is 9.55. The van der Waals surface area contributed by atoms with Crippen LogP contribution in [0, 0.1) is 6.92 Å². The SMILES string of the molecule is Cc1ccc(-c2ccc(Cc3[nH]c4ccccc4c3CC(=O)O)cc2)cc1Cl. The Morgan fingerprint density at radius 3 is 2.43 bits per heavy atom. The van der Waals surface area contributed by atoms with Crippen molar-refractivity contribution in [1.82, 2.24) is 4.98 Å². The maximum absolute atomic E-state index is 11.3. The lowest BCUT2D eigenvalue weighted by molar-refractivity contribution is -0.136. The number of benzene rings is 3. The van der Waals surface area contributed by atoms with Gasteiger partial charge in [0.15, 0.2) is 0 Å². The Bertz CT molecular complexity index is 1160. The number of carbonyl (C=O) groups is 1. The van der Waals surface area contributed by atoms with Crippen LogP contribution in [0.2, 0.25) is 5.02 Å². The molecule has 0 aliphatic heterocycles. The van der Waals surface area contributed by atoms with Crippen molar-refractivity contribution in [2.24, 2.45) is 0 Å². The van der Waals surface area contributed by atoms with Crippen molar-refractivity contribution in [2.45, 2.75) is 19.8 Å². The number of aromatic nitrogens is 1. The van der Waals surface area contributed by atoms with Crippen LogP contribution in [0.4, 0.5) is 0 Å². The molecule has 0 saturated heterocycles. The lowest BCUT2D eigenvalue weighted by Crippen LogP contribution is -2.03. The first kappa shape index (κ1) is 18.3. The number of H-pyrrole nitrogens is 1. The van der Waals surface area contributed by atoms with E-state index in [1.54, 1.807) is 0 Å². The maximum atomic E-state index is 11.3. The van der Waals surface area contributed by atoms with Crippen LogP contribution in [-0.4, -0.2) is 16.1 Å². The van der Waals surface area contributed by atoms with Gasteiger partial charge < -0.3 is 10.1 Å². The van der Waals surface area contributed by atoms with Crippen molar-refractivity contribution in [3.63, 3.8) is 0 Å². The summed E-state index contributed by atoms with van der Waals surface area (Å²) in [5.41, 5.74) is 7.16. The summed E-state index contributed by atoms with van der Waals surface area (Å²) in [6.07, 6.45) is 0.672. The molecule has 140 valence electrons. The van der Waals surface area contributed by atoms with Gasteiger partial charge in [0.05, 0.1) is 6.42 Å². The van der Waals surface area contributed by atoms with Crippen molar-refractivity contribution in [3.8, 4) is 11.1 Å². The molecule has 4 rings (SSSR count). The summed E-state index contributed by atoms with van der Waals surface area (Å²) in [6.45, 7) is 1.99. The summed E-state index contributed by atoms with van der Waals surface area (Å²) >= 11 is 6.25. The Labute approximate surface area is 168 Å². The highest BCUT2D eigenvalue weighted by atomic mass is 35.5. The lowest BCUT2D eigenvalue weighted by Gasteiger charge is -2.07. The number of aryl methyl sites for hydroxylation is 1. The summed E-state index contributed by atoms with van der Waals surface area (Å²) in [7, 11) is 0. The van der Waals surface area contributed by atoms with E-state index >= 15 is 0 Å². The molecule has 2 N–H and O–H groups in total. The highest BCUT2D eigenvalue weighted by molar-refractivity contribution is 6.31. The fourth-order valence-electron chi connectivity index (χ4n) is 3.55. The Morgan fingerprint density at radius 2 is 1.71 bits per heavy atom. The zero-order valence-electron chi connectivity index (χ0n) is 15.5. The minimum Gasteiger partial charge on any atom is -0.481 e. The molecule has 4 heteroatoms. The zero-order valence-corrected chi connectivity index (χ0v) is 16.3. The predicted molar refractivity (Wildman–Crippen MR) is 114 cm³/mol. The van der Waals surface area contributed by atoms with Gasteiger partial charge in [-0.2, -0.15) is 0 Å². The minimum atomic E-state index is -0.822. The lowest BCUT2D eigenvalue weighted by atomic mass is 9.99. The quantitative estimate of drug-likeness (QED) is 0.438. The van der Waals surface area contributed by atoms with Crippen LogP contribution in [0.15, 0.2) is 66.7 Å². The molecule has 0 bridgehead atoms. The Morgan fingerprint density at radius 1 is 1.00 bits per heavy atom. The monoisotopic (exact) mass is 389 g/mol. The number of rotatable bonds is 5. The molecule has 28 heavy (non-hydrogen) atoms. The molecule has 3 aromatic carbocycles. The third-order valence-electron chi connectivity index (χ3n) is 5.07. The van der Waals surface area contributed by atoms with Gasteiger partial charge in [0, 0.05) is 28.0 Å². The number of nitrogens with one attached hydrogen (secondary N) is 1. The van der Waals surface area contributed by atoms with Crippen LogP contribution in [0.25, 0.3) is 22.0 Å². The van der Waals surface area contributed by atoms with E-state index in [-0.39, 0.29) is 6.42 Å². The topological polar surface area (TPSA) is 53.1 Å². The molecule has 0 aliphatic carbocycles. The Hall–Kier alpha value is -3.04. The first-order valence-electron chi connectivity index (χ1n) is 9.17. The molecule has 1 heterocycles. The van der Waals surface area contributed by atoms with Crippen LogP contribution < -0.4 is 0 Å². The van der Waals surface area contributed by atoms with E-state index in [1.807, 2.05) is 43.3 Å². The highest BCUT2D eigenvalue weighted by Gasteiger charge is 2.14. The number of para-hydroxylation sites is 1. The molecule has 0 spiro atoms. The van der Waals surface area contributed by atoms with Gasteiger partial charge >= 0.3 is 5.97 Å². The standard InChI is InChI=1S/C24H20ClNO2/c1-15-6-9-18(13-21(15)25)17-10-7-16(8-11-17)12-23-20(14-24(27)28)19-4-2-3-5-22(19)26-23/h2-11,13,26H,12,14H2,1H3,(H,27,28). The predicted octanol–water partition coefficient (Wildman–Crippen LogP) is 6.01. The molecular weight excluding hydrogens is 370 g/mol. The average Bonchev–Trinajstić information content (AvgIpc) is 3.01. The number of hydrogen-bond acceptors (Lipinski definition) is 1. The highest BCUT2D eigenvalue weighted by Crippen LogP contribution is 2.28. The van der Waals surface area contributed by atoms with Crippen molar-refractivity contribution in [3.05, 3.63) is 94.1 Å². The molecule has 0 unspecified atom stereocenters. The van der Waals surface area contributed by atoms with E-state index in [9.17, 15) is 9.90 Å². The van der Waals surface area contributed by atoms with Crippen LogP contribution in [-0.2, 0) is 17.6 Å². The van der Waals surface area contributed by atoms with Gasteiger partial charge in [-0.05, 0) is 46.9 Å².